The maximum Gasteiger partial charge on any atom is 0.182 e. The lowest BCUT2D eigenvalue weighted by molar-refractivity contribution is 0.386. The minimum atomic E-state index is -0.549. The number of benzene rings is 2. The van der Waals surface area contributed by atoms with Gasteiger partial charge in [0, 0.05) is 17.7 Å². The SMILES string of the molecule is COc1cc(-n2c(C(C)(C)c3ccc(F)c(Cl)c3)c[nH]c2=S)ccc1F. The minimum absolute atomic E-state index is 0.0553. The highest BCUT2D eigenvalue weighted by Gasteiger charge is 2.28. The predicted octanol–water partition coefficient (Wildman–Crippen LogP) is 5.80. The number of methoxy groups -OCH3 is 1. The predicted molar refractivity (Wildman–Crippen MR) is 101 cm³/mol. The highest BCUT2D eigenvalue weighted by Crippen LogP contribution is 2.35. The van der Waals surface area contributed by atoms with Crippen LogP contribution in [-0.4, -0.2) is 16.7 Å². The van der Waals surface area contributed by atoms with Crippen LogP contribution in [0, 0.1) is 16.4 Å². The van der Waals surface area contributed by atoms with Crippen LogP contribution in [0.15, 0.2) is 42.6 Å². The quantitative estimate of drug-likeness (QED) is 0.566. The van der Waals surface area contributed by atoms with Gasteiger partial charge in [0.2, 0.25) is 0 Å². The first-order valence-electron chi connectivity index (χ1n) is 7.86. The van der Waals surface area contributed by atoms with Gasteiger partial charge in [-0.1, -0.05) is 31.5 Å². The summed E-state index contributed by atoms with van der Waals surface area (Å²) in [6, 6.07) is 9.16. The van der Waals surface area contributed by atoms with E-state index in [4.69, 9.17) is 28.6 Å². The Morgan fingerprint density at radius 2 is 1.81 bits per heavy atom. The van der Waals surface area contributed by atoms with E-state index in [1.807, 2.05) is 13.8 Å². The van der Waals surface area contributed by atoms with Crippen LogP contribution in [0.1, 0.15) is 25.1 Å². The molecule has 3 nitrogen and oxygen atoms in total. The van der Waals surface area contributed by atoms with Gasteiger partial charge >= 0.3 is 0 Å². The zero-order valence-electron chi connectivity index (χ0n) is 14.4. The Morgan fingerprint density at radius 1 is 1.12 bits per heavy atom. The molecule has 1 aromatic heterocycles. The van der Waals surface area contributed by atoms with Crippen molar-refractivity contribution in [2.75, 3.05) is 7.11 Å². The van der Waals surface area contributed by atoms with Crippen LogP contribution in [0.4, 0.5) is 8.78 Å². The number of hydrogen-bond donors (Lipinski definition) is 1. The third kappa shape index (κ3) is 3.15. The summed E-state index contributed by atoms with van der Waals surface area (Å²) >= 11 is 11.4. The fraction of sp³-hybridized carbons (Fsp3) is 0.211. The molecule has 3 aromatic rings. The fourth-order valence-corrected chi connectivity index (χ4v) is 3.35. The van der Waals surface area contributed by atoms with Gasteiger partial charge in [-0.05, 0) is 42.0 Å². The lowest BCUT2D eigenvalue weighted by Crippen LogP contribution is -2.23. The van der Waals surface area contributed by atoms with Gasteiger partial charge in [-0.3, -0.25) is 4.57 Å². The highest BCUT2D eigenvalue weighted by atomic mass is 35.5. The van der Waals surface area contributed by atoms with Gasteiger partial charge < -0.3 is 9.72 Å². The zero-order chi connectivity index (χ0) is 19.1. The van der Waals surface area contributed by atoms with E-state index in [9.17, 15) is 8.78 Å². The van der Waals surface area contributed by atoms with Gasteiger partial charge in [0.1, 0.15) is 5.82 Å². The molecule has 0 spiro atoms. The number of ether oxygens (including phenoxy) is 1. The van der Waals surface area contributed by atoms with Crippen molar-refractivity contribution in [1.82, 2.24) is 9.55 Å². The summed E-state index contributed by atoms with van der Waals surface area (Å²) in [5.41, 5.74) is 1.75. The molecule has 0 saturated heterocycles. The maximum atomic E-state index is 13.8. The van der Waals surface area contributed by atoms with Crippen molar-refractivity contribution in [1.29, 1.82) is 0 Å². The third-order valence-electron chi connectivity index (χ3n) is 4.45. The Kier molecular flexibility index (Phi) is 4.90. The van der Waals surface area contributed by atoms with Gasteiger partial charge in [-0.15, -0.1) is 0 Å². The molecule has 26 heavy (non-hydrogen) atoms. The average molecular weight is 395 g/mol. The van der Waals surface area contributed by atoms with Crippen molar-refractivity contribution in [2.24, 2.45) is 0 Å². The maximum absolute atomic E-state index is 13.8. The first-order chi connectivity index (χ1) is 12.3. The van der Waals surface area contributed by atoms with E-state index in [0.717, 1.165) is 11.3 Å². The van der Waals surface area contributed by atoms with Crippen molar-refractivity contribution in [3.63, 3.8) is 0 Å². The number of aromatic amines is 1. The van der Waals surface area contributed by atoms with E-state index < -0.39 is 17.0 Å². The van der Waals surface area contributed by atoms with Crippen LogP contribution in [0.3, 0.4) is 0 Å². The van der Waals surface area contributed by atoms with E-state index in [0.29, 0.717) is 10.5 Å². The number of H-pyrrole nitrogens is 1. The topological polar surface area (TPSA) is 29.9 Å². The molecule has 0 aliphatic carbocycles. The molecule has 1 heterocycles. The van der Waals surface area contributed by atoms with Crippen molar-refractivity contribution >= 4 is 23.8 Å². The second-order valence-corrected chi connectivity index (χ2v) is 7.18. The molecule has 0 radical (unpaired) electrons. The van der Waals surface area contributed by atoms with E-state index in [1.165, 1.54) is 19.2 Å². The minimum Gasteiger partial charge on any atom is -0.494 e. The molecule has 1 N–H and O–H groups in total. The molecule has 0 amide bonds. The van der Waals surface area contributed by atoms with Crippen LogP contribution in [0.25, 0.3) is 5.69 Å². The summed E-state index contributed by atoms with van der Waals surface area (Å²) in [4.78, 5) is 3.03. The van der Waals surface area contributed by atoms with Crippen molar-refractivity contribution in [2.45, 2.75) is 19.3 Å². The van der Waals surface area contributed by atoms with E-state index >= 15 is 0 Å². The number of aromatic nitrogens is 2. The molecule has 0 atom stereocenters. The van der Waals surface area contributed by atoms with Crippen molar-refractivity contribution in [3.05, 3.63) is 75.3 Å². The monoisotopic (exact) mass is 394 g/mol. The molecule has 136 valence electrons. The molecule has 0 bridgehead atoms. The molecule has 0 fully saturated rings. The van der Waals surface area contributed by atoms with Crippen molar-refractivity contribution in [3.8, 4) is 11.4 Å². The van der Waals surface area contributed by atoms with Gasteiger partial charge in [0.15, 0.2) is 16.3 Å². The number of nitrogens with zero attached hydrogens (tertiary/aromatic N) is 1. The Balaban J connectivity index is 2.18. The molecule has 0 aliphatic rings. The lowest BCUT2D eigenvalue weighted by Gasteiger charge is -2.27. The number of halogens is 3. The second kappa shape index (κ2) is 6.85. The zero-order valence-corrected chi connectivity index (χ0v) is 16.0. The van der Waals surface area contributed by atoms with Crippen LogP contribution >= 0.6 is 23.8 Å². The molecule has 0 aliphatic heterocycles. The number of hydrogen-bond acceptors (Lipinski definition) is 2. The first kappa shape index (κ1) is 18.6. The molecular weight excluding hydrogens is 378 g/mol. The Morgan fingerprint density at radius 3 is 2.46 bits per heavy atom. The molecule has 0 unspecified atom stereocenters. The molecular formula is C19H17ClF2N2OS. The van der Waals surface area contributed by atoms with Gasteiger partial charge in [-0.25, -0.2) is 8.78 Å². The standard InChI is InChI=1S/C19H17ClF2N2OS/c1-19(2,11-4-6-14(21)13(20)8-11)17-10-23-18(26)24(17)12-5-7-15(22)16(9-12)25-3/h4-10H,1-3H3,(H,23,26). The average Bonchev–Trinajstić information content (AvgIpc) is 3.00. The molecule has 2 aromatic carbocycles. The van der Waals surface area contributed by atoms with Gasteiger partial charge in [0.05, 0.1) is 23.5 Å². The van der Waals surface area contributed by atoms with E-state index in [2.05, 4.69) is 4.98 Å². The third-order valence-corrected chi connectivity index (χ3v) is 5.04. The Hall–Kier alpha value is -2.18. The smallest absolute Gasteiger partial charge is 0.182 e. The summed E-state index contributed by atoms with van der Waals surface area (Å²) < 4.78 is 34.6. The first-order valence-corrected chi connectivity index (χ1v) is 8.64. The van der Waals surface area contributed by atoms with Crippen LogP contribution in [0.2, 0.25) is 5.02 Å². The van der Waals surface area contributed by atoms with Crippen molar-refractivity contribution < 1.29 is 13.5 Å². The number of imidazole rings is 1. The van der Waals surface area contributed by atoms with Crippen LogP contribution in [0.5, 0.6) is 5.75 Å². The Bertz CT molecular complexity index is 1030. The normalized spacial score (nSPS) is 11.6. The number of nitrogens with one attached hydrogen (secondary N) is 1. The Labute approximate surface area is 160 Å². The lowest BCUT2D eigenvalue weighted by atomic mass is 9.81. The van der Waals surface area contributed by atoms with Crippen LogP contribution in [-0.2, 0) is 5.41 Å². The summed E-state index contributed by atoms with van der Waals surface area (Å²) in [6.45, 7) is 3.96. The summed E-state index contributed by atoms with van der Waals surface area (Å²) in [5.74, 6) is -0.802. The number of rotatable bonds is 4. The van der Waals surface area contributed by atoms with Crippen LogP contribution < -0.4 is 4.74 Å². The molecule has 0 saturated carbocycles. The largest absolute Gasteiger partial charge is 0.494 e. The summed E-state index contributed by atoms with van der Waals surface area (Å²) in [7, 11) is 1.41. The summed E-state index contributed by atoms with van der Waals surface area (Å²) in [6.07, 6.45) is 1.79. The van der Waals surface area contributed by atoms with Gasteiger partial charge in [-0.2, -0.15) is 0 Å². The van der Waals surface area contributed by atoms with E-state index in [-0.39, 0.29) is 10.8 Å². The van der Waals surface area contributed by atoms with E-state index in [1.54, 1.807) is 35.0 Å². The summed E-state index contributed by atoms with van der Waals surface area (Å²) in [5, 5.41) is 0.0553. The fourth-order valence-electron chi connectivity index (χ4n) is 2.91. The van der Waals surface area contributed by atoms with Gasteiger partial charge in [0.25, 0.3) is 0 Å². The highest BCUT2D eigenvalue weighted by molar-refractivity contribution is 7.71. The molecule has 3 rings (SSSR count). The molecule has 7 heteroatoms. The second-order valence-electron chi connectivity index (χ2n) is 6.39.